The molecule has 0 heterocycles. The second kappa shape index (κ2) is 10.2. The van der Waals surface area contributed by atoms with E-state index < -0.39 is 7.05 Å². The zero-order valence-electron chi connectivity index (χ0n) is 17.6. The third kappa shape index (κ3) is 4.59. The lowest BCUT2D eigenvalue weighted by molar-refractivity contribution is 0.455. The zero-order valence-corrected chi connectivity index (χ0v) is 19.2. The van der Waals surface area contributed by atoms with Crippen molar-refractivity contribution in [3.63, 3.8) is 0 Å². The maximum atomic E-state index is 7.11. The van der Waals surface area contributed by atoms with Crippen molar-refractivity contribution in [3.8, 4) is 0 Å². The van der Waals surface area contributed by atoms with Gasteiger partial charge in [0.15, 0.2) is 0 Å². The van der Waals surface area contributed by atoms with E-state index in [1.165, 1.54) is 102 Å². The van der Waals surface area contributed by atoms with Crippen molar-refractivity contribution in [2.45, 2.75) is 113 Å². The van der Waals surface area contributed by atoms with Crippen molar-refractivity contribution in [1.29, 1.82) is 0 Å². The van der Waals surface area contributed by atoms with E-state index in [4.69, 9.17) is 16.1 Å². The van der Waals surface area contributed by atoms with Crippen molar-refractivity contribution in [2.75, 3.05) is 0 Å². The first-order valence-electron chi connectivity index (χ1n) is 12.1. The van der Waals surface area contributed by atoms with Gasteiger partial charge in [-0.1, -0.05) is 88.1 Å². The van der Waals surface area contributed by atoms with Gasteiger partial charge in [-0.2, -0.15) is 11.5 Å². The maximum absolute atomic E-state index is 7.11. The molecule has 3 saturated carbocycles. The lowest BCUT2D eigenvalue weighted by atomic mass is 9.83. The average molecular weight is 418 g/mol. The molecule has 0 unspecified atom stereocenters. The van der Waals surface area contributed by atoms with Gasteiger partial charge in [0.2, 0.25) is 0 Å². The molecular weight excluding hydrogens is 380 g/mol. The van der Waals surface area contributed by atoms with Crippen LogP contribution in [-0.4, -0.2) is 23.2 Å². The minimum Gasteiger partial charge on any atom is -0.332 e. The van der Waals surface area contributed by atoms with Gasteiger partial charge in [-0.15, -0.1) is 0 Å². The molecule has 0 aliphatic heterocycles. The summed E-state index contributed by atoms with van der Waals surface area (Å²) in [6.45, 7) is 0. The molecule has 28 heavy (non-hydrogen) atoms. The van der Waals surface area contributed by atoms with Gasteiger partial charge in [0, 0.05) is 0 Å². The van der Waals surface area contributed by atoms with Crippen LogP contribution in [0.15, 0.2) is 35.0 Å². The summed E-state index contributed by atoms with van der Waals surface area (Å²) in [5.41, 5.74) is 3.84. The number of hydrogen-bond donors (Lipinski definition) is 0. The summed E-state index contributed by atoms with van der Waals surface area (Å²) in [6.07, 6.45) is 21.4. The van der Waals surface area contributed by atoms with Crippen LogP contribution >= 0.6 is 18.5 Å². The van der Waals surface area contributed by atoms with Crippen molar-refractivity contribution in [2.24, 2.45) is 4.66 Å². The Labute approximate surface area is 178 Å². The molecule has 0 spiro atoms. The quantitative estimate of drug-likeness (QED) is 0.342. The fourth-order valence-corrected chi connectivity index (χ4v) is 13.5. The molecule has 3 fully saturated rings. The van der Waals surface area contributed by atoms with Crippen molar-refractivity contribution < 1.29 is 0 Å². The molecule has 0 atom stereocenters. The molecule has 0 saturated heterocycles. The van der Waals surface area contributed by atoms with Crippen LogP contribution in [-0.2, 0) is 0 Å². The molecule has 0 aromatic heterocycles. The molecule has 3 aliphatic carbocycles. The number of halogens is 1. The molecule has 0 N–H and O–H groups in total. The molecule has 0 radical (unpaired) electrons. The highest BCUT2D eigenvalue weighted by atomic mass is 35.5. The largest absolute Gasteiger partial charge is 0.412 e. The smallest absolute Gasteiger partial charge is 0.332 e. The average Bonchev–Trinajstić information content (AvgIpc) is 2.80. The first kappa shape index (κ1) is 21.1. The predicted octanol–water partition coefficient (Wildman–Crippen LogP) is 7.82. The summed E-state index contributed by atoms with van der Waals surface area (Å²) >= 11 is 7.11. The number of benzene rings is 1. The van der Waals surface area contributed by atoms with Gasteiger partial charge in [0.05, 0.1) is 0 Å². The summed E-state index contributed by atoms with van der Waals surface area (Å²) in [6, 6.07) is 10.7. The molecule has 3 aliphatic rings. The van der Waals surface area contributed by atoms with Gasteiger partial charge in [-0.3, -0.25) is 0 Å². The second-order valence-corrected chi connectivity index (χ2v) is 14.0. The van der Waals surface area contributed by atoms with E-state index in [0.717, 1.165) is 17.0 Å². The van der Waals surface area contributed by atoms with Gasteiger partial charge in [0.25, 0.3) is 0 Å². The third-order valence-electron chi connectivity index (χ3n) is 7.85. The molecule has 1 nitrogen and oxygen atoms in total. The second-order valence-electron chi connectivity index (χ2n) is 9.53. The van der Waals surface area contributed by atoms with E-state index in [1.807, 2.05) is 0 Å². The van der Waals surface area contributed by atoms with E-state index in [1.54, 1.807) is 0 Å². The fourth-order valence-electron chi connectivity index (χ4n) is 6.52. The van der Waals surface area contributed by atoms with Crippen LogP contribution in [0.25, 0.3) is 0 Å². The van der Waals surface area contributed by atoms with Crippen LogP contribution in [0.1, 0.15) is 96.3 Å². The maximum Gasteiger partial charge on any atom is 0.412 e. The first-order chi connectivity index (χ1) is 13.8. The molecule has 154 valence electrons. The molecular formula is C24H38BClNP. The Balaban J connectivity index is 1.79. The number of nitrogens with zero attached hydrogens (tertiary/aromatic N) is 1. The predicted molar refractivity (Wildman–Crippen MR) is 128 cm³/mol. The highest BCUT2D eigenvalue weighted by molar-refractivity contribution is 7.70. The van der Waals surface area contributed by atoms with Crippen LogP contribution in [0.5, 0.6) is 0 Å². The van der Waals surface area contributed by atoms with E-state index in [9.17, 15) is 0 Å². The van der Waals surface area contributed by atoms with Crippen molar-refractivity contribution in [3.05, 3.63) is 30.3 Å². The monoisotopic (exact) mass is 417 g/mol. The third-order valence-corrected chi connectivity index (χ3v) is 14.0. The van der Waals surface area contributed by atoms with Crippen LogP contribution in [0, 0.1) is 0 Å². The summed E-state index contributed by atoms with van der Waals surface area (Å²) in [4.78, 5) is 0. The molecule has 1 aromatic carbocycles. The SMILES string of the molecule is ClB(N=P(C1CCCCC1)(C1CCCCC1)C1CCCCC1)c1ccccc1. The highest BCUT2D eigenvalue weighted by Crippen LogP contribution is 2.70. The topological polar surface area (TPSA) is 12.4 Å². The molecule has 4 heteroatoms. The summed E-state index contributed by atoms with van der Waals surface area (Å²) < 4.78 is 5.83. The van der Waals surface area contributed by atoms with Crippen LogP contribution < -0.4 is 5.46 Å². The van der Waals surface area contributed by atoms with Crippen molar-refractivity contribution >= 4 is 30.2 Å². The Morgan fingerprint density at radius 1 is 0.643 bits per heavy atom. The normalized spacial score (nSPS) is 23.5. The Morgan fingerprint density at radius 2 is 1.04 bits per heavy atom. The first-order valence-corrected chi connectivity index (χ1v) is 14.5. The Bertz CT molecular complexity index is 594. The van der Waals surface area contributed by atoms with Gasteiger partial charge in [-0.25, -0.2) is 0 Å². The Hall–Kier alpha value is -0.195. The minimum absolute atomic E-state index is 0.139. The van der Waals surface area contributed by atoms with E-state index in [2.05, 4.69) is 30.3 Å². The van der Waals surface area contributed by atoms with E-state index in [0.29, 0.717) is 0 Å². The Kier molecular flexibility index (Phi) is 7.68. The summed E-state index contributed by atoms with van der Waals surface area (Å²) in [5.74, 6) is 0. The lowest BCUT2D eigenvalue weighted by Gasteiger charge is -2.49. The van der Waals surface area contributed by atoms with Gasteiger partial charge in [-0.05, 0) is 68.0 Å². The van der Waals surface area contributed by atoms with Crippen LogP contribution in [0.2, 0.25) is 0 Å². The van der Waals surface area contributed by atoms with Gasteiger partial charge >= 0.3 is 6.26 Å². The van der Waals surface area contributed by atoms with Crippen molar-refractivity contribution in [1.82, 2.24) is 0 Å². The van der Waals surface area contributed by atoms with Gasteiger partial charge < -0.3 is 4.66 Å². The summed E-state index contributed by atoms with van der Waals surface area (Å²) in [7, 11) is -1.45. The Morgan fingerprint density at radius 3 is 1.43 bits per heavy atom. The zero-order chi connectivity index (χ0) is 19.2. The summed E-state index contributed by atoms with van der Waals surface area (Å²) in [5, 5.41) is 0. The molecule has 1 aromatic rings. The minimum atomic E-state index is -1.45. The molecule has 0 amide bonds. The lowest BCUT2D eigenvalue weighted by Crippen LogP contribution is -2.34. The molecule has 4 rings (SSSR count). The number of hydrogen-bond acceptors (Lipinski definition) is 1. The van der Waals surface area contributed by atoms with Crippen LogP contribution in [0.3, 0.4) is 0 Å². The molecule has 0 bridgehead atoms. The van der Waals surface area contributed by atoms with Gasteiger partial charge in [0.1, 0.15) is 0 Å². The highest BCUT2D eigenvalue weighted by Gasteiger charge is 2.44. The number of rotatable bonds is 5. The van der Waals surface area contributed by atoms with E-state index in [-0.39, 0.29) is 6.26 Å². The van der Waals surface area contributed by atoms with Crippen LogP contribution in [0.4, 0.5) is 0 Å². The fraction of sp³-hybridized carbons (Fsp3) is 0.750. The standard InChI is InChI=1S/C24H38BClNP/c26-25(21-13-5-1-6-14-21)27-28(22-15-7-2-8-16-22,23-17-9-3-10-18-23)24-19-11-4-12-20-24/h1,5-6,13-14,22-24H,2-4,7-12,15-20H2. The van der Waals surface area contributed by atoms with E-state index >= 15 is 0 Å².